The molecule has 1 atom stereocenters. The van der Waals surface area contributed by atoms with E-state index in [2.05, 4.69) is 42.1 Å². The van der Waals surface area contributed by atoms with E-state index in [0.717, 1.165) is 71.5 Å². The monoisotopic (exact) mass is 563 g/mol. The first-order valence-corrected chi connectivity index (χ1v) is 15.8. The van der Waals surface area contributed by atoms with Crippen LogP contribution in [-0.2, 0) is 13.2 Å². The number of rotatable bonds is 15. The highest BCUT2D eigenvalue weighted by Gasteiger charge is 2.21. The van der Waals surface area contributed by atoms with Crippen molar-refractivity contribution in [2.75, 3.05) is 13.7 Å². The summed E-state index contributed by atoms with van der Waals surface area (Å²) < 4.78 is 13.5. The van der Waals surface area contributed by atoms with Gasteiger partial charge in [-0.15, -0.1) is 11.3 Å². The van der Waals surface area contributed by atoms with Gasteiger partial charge in [-0.2, -0.15) is 0 Å². The number of hydrogen-bond donors (Lipinski definition) is 1. The topological polar surface area (TPSA) is 65.4 Å². The van der Waals surface area contributed by atoms with E-state index in [4.69, 9.17) is 14.5 Å². The van der Waals surface area contributed by atoms with Crippen LogP contribution >= 0.6 is 11.3 Å². The first-order valence-electron chi connectivity index (χ1n) is 14.9. The quantitative estimate of drug-likeness (QED) is 0.189. The molecule has 216 valence electrons. The molecule has 0 fully saturated rings. The zero-order valence-corrected chi connectivity index (χ0v) is 25.4. The number of nitrogens with zero attached hydrogens (tertiary/aromatic N) is 2. The van der Waals surface area contributed by atoms with Crippen molar-refractivity contribution < 1.29 is 14.3 Å². The summed E-state index contributed by atoms with van der Waals surface area (Å²) >= 11 is 1.59. The lowest BCUT2D eigenvalue weighted by Crippen LogP contribution is -2.29. The van der Waals surface area contributed by atoms with Crippen molar-refractivity contribution in [1.29, 1.82) is 0 Å². The Labute approximate surface area is 243 Å². The van der Waals surface area contributed by atoms with Crippen molar-refractivity contribution in [3.05, 3.63) is 63.6 Å². The van der Waals surface area contributed by atoms with Gasteiger partial charge >= 0.3 is 0 Å². The Morgan fingerprint density at radius 3 is 2.67 bits per heavy atom. The Morgan fingerprint density at radius 1 is 1.18 bits per heavy atom. The maximum absolute atomic E-state index is 13.4. The van der Waals surface area contributed by atoms with Crippen LogP contribution in [0.25, 0.3) is 11.4 Å². The second-order valence-corrected chi connectivity index (χ2v) is 11.7. The lowest BCUT2D eigenvalue weighted by Gasteiger charge is -2.16. The van der Waals surface area contributed by atoms with Gasteiger partial charge in [-0.05, 0) is 81.7 Å². The van der Waals surface area contributed by atoms with Crippen LogP contribution in [-0.4, -0.2) is 29.1 Å². The second kappa shape index (κ2) is 15.1. The molecule has 2 heterocycles. The van der Waals surface area contributed by atoms with Gasteiger partial charge in [0.1, 0.15) is 23.1 Å². The van der Waals surface area contributed by atoms with Gasteiger partial charge in [0.05, 0.1) is 24.1 Å². The standard InChI is InChI=1S/C33H45N3O3S/c1-5-7-11-25(6-2)21-34-33(37)29-20-31(36(24(29)3)19-18-26-12-9-8-10-13-26)30-23-40-32(35-30)22-39-28-16-14-27(38-4)15-17-28/h12,14-17,20,23,25H,5-11,13,18-19,21-22H2,1-4H3,(H,34,37). The first-order chi connectivity index (χ1) is 19.5. The van der Waals surface area contributed by atoms with Crippen LogP contribution in [0.3, 0.4) is 0 Å². The zero-order chi connectivity index (χ0) is 28.3. The highest BCUT2D eigenvalue weighted by Crippen LogP contribution is 2.30. The van der Waals surface area contributed by atoms with Crippen LogP contribution in [0.4, 0.5) is 0 Å². The smallest absolute Gasteiger partial charge is 0.253 e. The number of amides is 1. The molecule has 0 saturated carbocycles. The molecule has 6 nitrogen and oxygen atoms in total. The number of benzene rings is 1. The van der Waals surface area contributed by atoms with E-state index in [1.807, 2.05) is 30.3 Å². The van der Waals surface area contributed by atoms with Gasteiger partial charge in [-0.3, -0.25) is 4.79 Å². The number of nitrogens with one attached hydrogen (secondary N) is 1. The van der Waals surface area contributed by atoms with Crippen molar-refractivity contribution in [2.24, 2.45) is 5.92 Å². The summed E-state index contributed by atoms with van der Waals surface area (Å²) in [5.74, 6) is 2.12. The largest absolute Gasteiger partial charge is 0.497 e. The van der Waals surface area contributed by atoms with Crippen LogP contribution < -0.4 is 14.8 Å². The number of hydrogen-bond acceptors (Lipinski definition) is 5. The third-order valence-electron chi connectivity index (χ3n) is 7.98. The fourth-order valence-corrected chi connectivity index (χ4v) is 6.05. The minimum Gasteiger partial charge on any atom is -0.497 e. The van der Waals surface area contributed by atoms with Crippen molar-refractivity contribution in [2.45, 2.75) is 91.7 Å². The summed E-state index contributed by atoms with van der Waals surface area (Å²) in [7, 11) is 1.65. The maximum Gasteiger partial charge on any atom is 0.253 e. The molecular formula is C33H45N3O3S. The van der Waals surface area contributed by atoms with Crippen LogP contribution in [0.5, 0.6) is 11.5 Å². The number of thiazole rings is 1. The molecule has 1 aliphatic carbocycles. The Bertz CT molecular complexity index is 1260. The van der Waals surface area contributed by atoms with Crippen molar-refractivity contribution >= 4 is 17.2 Å². The average Bonchev–Trinajstić information content (AvgIpc) is 3.60. The lowest BCUT2D eigenvalue weighted by atomic mass is 9.97. The summed E-state index contributed by atoms with van der Waals surface area (Å²) in [5, 5.41) is 6.22. The van der Waals surface area contributed by atoms with Crippen molar-refractivity contribution in [3.8, 4) is 22.9 Å². The summed E-state index contributed by atoms with van der Waals surface area (Å²) in [6.45, 7) is 8.48. The minimum atomic E-state index is 0.0163. The highest BCUT2D eigenvalue weighted by atomic mass is 32.1. The molecule has 0 aliphatic heterocycles. The van der Waals surface area contributed by atoms with Gasteiger partial charge < -0.3 is 19.4 Å². The molecule has 1 unspecified atom stereocenters. The van der Waals surface area contributed by atoms with E-state index in [1.165, 1.54) is 44.1 Å². The molecule has 1 N–H and O–H groups in total. The van der Waals surface area contributed by atoms with Gasteiger partial charge in [0.25, 0.3) is 5.91 Å². The van der Waals surface area contributed by atoms with E-state index < -0.39 is 0 Å². The van der Waals surface area contributed by atoms with E-state index in [-0.39, 0.29) is 5.91 Å². The fourth-order valence-electron chi connectivity index (χ4n) is 5.35. The zero-order valence-electron chi connectivity index (χ0n) is 24.6. The maximum atomic E-state index is 13.4. The number of ether oxygens (including phenoxy) is 2. The van der Waals surface area contributed by atoms with Gasteiger partial charge in [-0.1, -0.05) is 44.8 Å². The number of carbonyl (C=O) groups excluding carboxylic acids is 1. The number of aromatic nitrogens is 2. The summed E-state index contributed by atoms with van der Waals surface area (Å²) in [6, 6.07) is 9.62. The normalized spacial score (nSPS) is 14.1. The number of allylic oxidation sites excluding steroid dienone is 2. The summed E-state index contributed by atoms with van der Waals surface area (Å²) in [6.07, 6.45) is 13.0. The summed E-state index contributed by atoms with van der Waals surface area (Å²) in [5.41, 5.74) is 5.19. The van der Waals surface area contributed by atoms with Crippen molar-refractivity contribution in [3.63, 3.8) is 0 Å². The Morgan fingerprint density at radius 2 is 1.98 bits per heavy atom. The van der Waals surface area contributed by atoms with Crippen LogP contribution in [0.15, 0.2) is 47.4 Å². The van der Waals surface area contributed by atoms with Crippen LogP contribution in [0.2, 0.25) is 0 Å². The Kier molecular flexibility index (Phi) is 11.3. The highest BCUT2D eigenvalue weighted by molar-refractivity contribution is 7.09. The van der Waals surface area contributed by atoms with Crippen LogP contribution in [0.1, 0.15) is 92.7 Å². The third kappa shape index (κ3) is 8.00. The lowest BCUT2D eigenvalue weighted by molar-refractivity contribution is 0.0945. The molecule has 0 spiro atoms. The number of methoxy groups -OCH3 is 1. The predicted molar refractivity (Wildman–Crippen MR) is 164 cm³/mol. The molecule has 1 aromatic carbocycles. The Balaban J connectivity index is 1.51. The number of carbonyl (C=O) groups is 1. The van der Waals surface area contributed by atoms with Crippen molar-refractivity contribution in [1.82, 2.24) is 14.9 Å². The molecule has 0 radical (unpaired) electrons. The molecule has 7 heteroatoms. The Hall–Kier alpha value is -3.06. The van der Waals surface area contributed by atoms with Gasteiger partial charge in [0.15, 0.2) is 0 Å². The molecule has 2 aromatic heterocycles. The van der Waals surface area contributed by atoms with E-state index in [1.54, 1.807) is 18.4 Å². The molecule has 4 rings (SSSR count). The molecule has 1 aliphatic rings. The average molecular weight is 564 g/mol. The van der Waals surface area contributed by atoms with Gasteiger partial charge in [-0.25, -0.2) is 4.98 Å². The van der Waals surface area contributed by atoms with Gasteiger partial charge in [0, 0.05) is 24.2 Å². The SMILES string of the molecule is CCCCC(CC)CNC(=O)c1cc(-c2csc(COc3ccc(OC)cc3)n2)n(CCC2=CCCCC2)c1C. The predicted octanol–water partition coefficient (Wildman–Crippen LogP) is 8.34. The molecule has 3 aromatic rings. The minimum absolute atomic E-state index is 0.0163. The van der Waals surface area contributed by atoms with E-state index >= 15 is 0 Å². The van der Waals surface area contributed by atoms with Gasteiger partial charge in [0.2, 0.25) is 0 Å². The third-order valence-corrected chi connectivity index (χ3v) is 8.81. The molecular weight excluding hydrogens is 518 g/mol. The second-order valence-electron chi connectivity index (χ2n) is 10.8. The molecule has 0 bridgehead atoms. The molecule has 40 heavy (non-hydrogen) atoms. The molecule has 1 amide bonds. The van der Waals surface area contributed by atoms with E-state index in [0.29, 0.717) is 12.5 Å². The van der Waals surface area contributed by atoms with Crippen LogP contribution in [0, 0.1) is 12.8 Å². The summed E-state index contributed by atoms with van der Waals surface area (Å²) in [4.78, 5) is 18.3. The first kappa shape index (κ1) is 29.9. The number of unbranched alkanes of at least 4 members (excludes halogenated alkanes) is 1. The molecule has 0 saturated heterocycles. The fraction of sp³-hybridized carbons (Fsp3) is 0.515. The van der Waals surface area contributed by atoms with E-state index in [9.17, 15) is 4.79 Å².